The number of halogens is 1. The van der Waals surface area contributed by atoms with Crippen molar-refractivity contribution in [1.29, 1.82) is 0 Å². The van der Waals surface area contributed by atoms with Crippen molar-refractivity contribution in [3.05, 3.63) is 77.8 Å². The molecule has 1 heterocycles. The van der Waals surface area contributed by atoms with E-state index in [-0.39, 0.29) is 17.8 Å². The first kappa shape index (κ1) is 17.9. The Morgan fingerprint density at radius 1 is 1.12 bits per heavy atom. The normalized spacial score (nSPS) is 12.0. The van der Waals surface area contributed by atoms with Gasteiger partial charge in [0.25, 0.3) is 0 Å². The fourth-order valence-corrected chi connectivity index (χ4v) is 2.70. The first-order valence-electron chi connectivity index (χ1n) is 8.47. The standard InChI is InChI=1S/C21H21FN2O2/c1-14(17-4-3-5-19(12-17)24-15(2)25)23-13-20-10-11-21(26-20)16-6-8-18(22)9-7-16/h3-12,14,23H,13H2,1-2H3,(H,24,25)/t14-/m1/s1. The van der Waals surface area contributed by atoms with Crippen LogP contribution in [0.15, 0.2) is 65.1 Å². The van der Waals surface area contributed by atoms with Crippen LogP contribution >= 0.6 is 0 Å². The second-order valence-corrected chi connectivity index (χ2v) is 6.18. The summed E-state index contributed by atoms with van der Waals surface area (Å²) in [5.74, 6) is 1.15. The van der Waals surface area contributed by atoms with Crippen molar-refractivity contribution in [1.82, 2.24) is 5.32 Å². The molecule has 0 aliphatic rings. The van der Waals surface area contributed by atoms with Crippen LogP contribution in [0.3, 0.4) is 0 Å². The summed E-state index contributed by atoms with van der Waals surface area (Å²) in [6.07, 6.45) is 0. The number of benzene rings is 2. The zero-order valence-corrected chi connectivity index (χ0v) is 14.8. The number of furan rings is 1. The topological polar surface area (TPSA) is 54.3 Å². The van der Waals surface area contributed by atoms with Gasteiger partial charge in [-0.1, -0.05) is 12.1 Å². The van der Waals surface area contributed by atoms with Crippen molar-refractivity contribution in [3.63, 3.8) is 0 Å². The highest BCUT2D eigenvalue weighted by Crippen LogP contribution is 2.23. The minimum absolute atomic E-state index is 0.0862. The van der Waals surface area contributed by atoms with Crippen LogP contribution in [0.1, 0.15) is 31.2 Å². The highest BCUT2D eigenvalue weighted by Gasteiger charge is 2.09. The number of carbonyl (C=O) groups excluding carboxylic acids is 1. The number of anilines is 1. The summed E-state index contributed by atoms with van der Waals surface area (Å²) in [7, 11) is 0. The molecular formula is C21H21FN2O2. The van der Waals surface area contributed by atoms with Gasteiger partial charge in [-0.25, -0.2) is 4.39 Å². The van der Waals surface area contributed by atoms with E-state index in [1.54, 1.807) is 12.1 Å². The summed E-state index contributed by atoms with van der Waals surface area (Å²) in [6, 6.07) is 17.8. The molecule has 0 aliphatic heterocycles. The van der Waals surface area contributed by atoms with Crippen molar-refractivity contribution in [2.75, 3.05) is 5.32 Å². The average Bonchev–Trinajstić information content (AvgIpc) is 3.09. The van der Waals surface area contributed by atoms with E-state index in [4.69, 9.17) is 4.42 Å². The summed E-state index contributed by atoms with van der Waals surface area (Å²) in [6.45, 7) is 4.10. The number of nitrogens with one attached hydrogen (secondary N) is 2. The lowest BCUT2D eigenvalue weighted by Gasteiger charge is -2.14. The minimum atomic E-state index is -0.266. The summed E-state index contributed by atoms with van der Waals surface area (Å²) < 4.78 is 18.8. The van der Waals surface area contributed by atoms with E-state index < -0.39 is 0 Å². The highest BCUT2D eigenvalue weighted by atomic mass is 19.1. The molecule has 0 saturated carbocycles. The van der Waals surface area contributed by atoms with Crippen molar-refractivity contribution in [2.45, 2.75) is 26.4 Å². The quantitative estimate of drug-likeness (QED) is 0.664. The number of hydrogen-bond donors (Lipinski definition) is 2. The Morgan fingerprint density at radius 2 is 1.88 bits per heavy atom. The third kappa shape index (κ3) is 4.58. The maximum atomic E-state index is 13.0. The smallest absolute Gasteiger partial charge is 0.221 e. The molecule has 2 N–H and O–H groups in total. The van der Waals surface area contributed by atoms with Gasteiger partial charge in [0.1, 0.15) is 17.3 Å². The van der Waals surface area contributed by atoms with E-state index in [1.807, 2.05) is 36.4 Å². The van der Waals surface area contributed by atoms with Crippen LogP contribution in [-0.2, 0) is 11.3 Å². The third-order valence-electron chi connectivity index (χ3n) is 4.08. The molecule has 0 unspecified atom stereocenters. The lowest BCUT2D eigenvalue weighted by molar-refractivity contribution is -0.114. The van der Waals surface area contributed by atoms with E-state index >= 15 is 0 Å². The van der Waals surface area contributed by atoms with Gasteiger partial charge in [0.05, 0.1) is 6.54 Å². The van der Waals surface area contributed by atoms with E-state index in [1.165, 1.54) is 19.1 Å². The number of hydrogen-bond acceptors (Lipinski definition) is 3. The first-order valence-corrected chi connectivity index (χ1v) is 8.47. The van der Waals surface area contributed by atoms with E-state index in [2.05, 4.69) is 17.6 Å². The van der Waals surface area contributed by atoms with Gasteiger partial charge in [-0.3, -0.25) is 4.79 Å². The van der Waals surface area contributed by atoms with Gasteiger partial charge in [0.2, 0.25) is 5.91 Å². The minimum Gasteiger partial charge on any atom is -0.460 e. The molecule has 1 atom stereocenters. The molecule has 4 nitrogen and oxygen atoms in total. The lowest BCUT2D eigenvalue weighted by atomic mass is 10.1. The van der Waals surface area contributed by atoms with Crippen LogP contribution in [-0.4, -0.2) is 5.91 Å². The zero-order valence-electron chi connectivity index (χ0n) is 14.8. The molecule has 0 saturated heterocycles. The second kappa shape index (κ2) is 7.97. The summed E-state index contributed by atoms with van der Waals surface area (Å²) in [4.78, 5) is 11.2. The monoisotopic (exact) mass is 352 g/mol. The highest BCUT2D eigenvalue weighted by molar-refractivity contribution is 5.88. The maximum absolute atomic E-state index is 13.0. The van der Waals surface area contributed by atoms with Gasteiger partial charge in [0, 0.05) is 24.2 Å². The van der Waals surface area contributed by atoms with Crippen LogP contribution in [0.2, 0.25) is 0 Å². The van der Waals surface area contributed by atoms with Crippen LogP contribution < -0.4 is 10.6 Å². The molecule has 0 fully saturated rings. The van der Waals surface area contributed by atoms with Gasteiger partial charge < -0.3 is 15.1 Å². The predicted octanol–water partition coefficient (Wildman–Crippen LogP) is 4.89. The molecule has 3 rings (SSSR count). The van der Waals surface area contributed by atoms with Crippen molar-refractivity contribution >= 4 is 11.6 Å². The summed E-state index contributed by atoms with van der Waals surface area (Å²) in [5, 5.41) is 6.19. The molecule has 5 heteroatoms. The van der Waals surface area contributed by atoms with Crippen molar-refractivity contribution < 1.29 is 13.6 Å². The Hall–Kier alpha value is -2.92. The third-order valence-corrected chi connectivity index (χ3v) is 4.08. The van der Waals surface area contributed by atoms with Crippen LogP contribution in [0.4, 0.5) is 10.1 Å². The number of amides is 1. The molecule has 0 aliphatic carbocycles. The van der Waals surface area contributed by atoms with Crippen LogP contribution in [0, 0.1) is 5.82 Å². The molecule has 134 valence electrons. The molecule has 0 bridgehead atoms. The summed E-state index contributed by atoms with van der Waals surface area (Å²) in [5.41, 5.74) is 2.69. The molecule has 1 aromatic heterocycles. The lowest BCUT2D eigenvalue weighted by Crippen LogP contribution is -2.18. The number of carbonyl (C=O) groups is 1. The fraction of sp³-hybridized carbons (Fsp3) is 0.190. The zero-order chi connectivity index (χ0) is 18.5. The average molecular weight is 352 g/mol. The molecule has 0 radical (unpaired) electrons. The Kier molecular flexibility index (Phi) is 5.49. The van der Waals surface area contributed by atoms with Gasteiger partial charge in [-0.2, -0.15) is 0 Å². The first-order chi connectivity index (χ1) is 12.5. The Labute approximate surface area is 152 Å². The van der Waals surface area contributed by atoms with Crippen molar-refractivity contribution in [3.8, 4) is 11.3 Å². The molecule has 3 aromatic rings. The predicted molar refractivity (Wildman–Crippen MR) is 100 cm³/mol. The molecular weight excluding hydrogens is 331 g/mol. The Morgan fingerprint density at radius 3 is 2.62 bits per heavy atom. The summed E-state index contributed by atoms with van der Waals surface area (Å²) >= 11 is 0. The molecule has 1 amide bonds. The van der Waals surface area contributed by atoms with Crippen LogP contribution in [0.5, 0.6) is 0 Å². The van der Waals surface area contributed by atoms with Gasteiger partial charge >= 0.3 is 0 Å². The van der Waals surface area contributed by atoms with E-state index in [0.29, 0.717) is 12.3 Å². The van der Waals surface area contributed by atoms with Crippen LogP contribution in [0.25, 0.3) is 11.3 Å². The fourth-order valence-electron chi connectivity index (χ4n) is 2.70. The van der Waals surface area contributed by atoms with Gasteiger partial charge in [-0.15, -0.1) is 0 Å². The van der Waals surface area contributed by atoms with E-state index in [0.717, 1.165) is 22.6 Å². The molecule has 26 heavy (non-hydrogen) atoms. The van der Waals surface area contributed by atoms with Gasteiger partial charge in [-0.05, 0) is 61.0 Å². The van der Waals surface area contributed by atoms with Gasteiger partial charge in [0.15, 0.2) is 0 Å². The number of rotatable bonds is 6. The Balaban J connectivity index is 1.62. The van der Waals surface area contributed by atoms with E-state index in [9.17, 15) is 9.18 Å². The van der Waals surface area contributed by atoms with Crippen molar-refractivity contribution in [2.24, 2.45) is 0 Å². The molecule has 0 spiro atoms. The second-order valence-electron chi connectivity index (χ2n) is 6.18. The molecule has 2 aromatic carbocycles. The maximum Gasteiger partial charge on any atom is 0.221 e. The Bertz CT molecular complexity index is 887. The SMILES string of the molecule is CC(=O)Nc1cccc([C@@H](C)NCc2ccc(-c3ccc(F)cc3)o2)c1. The largest absolute Gasteiger partial charge is 0.460 e.